The van der Waals surface area contributed by atoms with Crippen LogP contribution in [0.2, 0.25) is 0 Å². The Balaban J connectivity index is 1.81. The number of alkyl halides is 3. The zero-order valence-corrected chi connectivity index (χ0v) is 22.1. The summed E-state index contributed by atoms with van der Waals surface area (Å²) >= 11 is 0. The fraction of sp³-hybridized carbons (Fsp3) is 0.300. The van der Waals surface area contributed by atoms with Gasteiger partial charge in [-0.1, -0.05) is 91.0 Å². The lowest BCUT2D eigenvalue weighted by molar-refractivity contribution is -0.186. The largest absolute Gasteiger partial charge is 0.459 e. The van der Waals surface area contributed by atoms with Crippen molar-refractivity contribution in [2.75, 3.05) is 13.1 Å². The van der Waals surface area contributed by atoms with Gasteiger partial charge in [0.15, 0.2) is 5.92 Å². The van der Waals surface area contributed by atoms with Crippen LogP contribution in [0.25, 0.3) is 0 Å². The van der Waals surface area contributed by atoms with E-state index in [1.165, 1.54) is 0 Å². The van der Waals surface area contributed by atoms with Gasteiger partial charge in [0.25, 0.3) is 0 Å². The van der Waals surface area contributed by atoms with Gasteiger partial charge in [-0.15, -0.1) is 0 Å². The Bertz CT molecular complexity index is 1230. The van der Waals surface area contributed by atoms with Gasteiger partial charge in [0.2, 0.25) is 5.91 Å². The molecule has 0 saturated heterocycles. The summed E-state index contributed by atoms with van der Waals surface area (Å²) in [5, 5.41) is 4.76. The van der Waals surface area contributed by atoms with E-state index in [4.69, 9.17) is 4.74 Å². The van der Waals surface area contributed by atoms with Crippen LogP contribution in [-0.2, 0) is 33.9 Å². The van der Waals surface area contributed by atoms with Gasteiger partial charge >= 0.3 is 18.2 Å². The molecule has 0 aromatic heterocycles. The number of hydrogen-bond acceptors (Lipinski definition) is 4. The fourth-order valence-electron chi connectivity index (χ4n) is 3.99. The Kier molecular flexibility index (Phi) is 11.1. The Morgan fingerprint density at radius 1 is 0.825 bits per heavy atom. The van der Waals surface area contributed by atoms with Crippen LogP contribution in [0.4, 0.5) is 18.0 Å². The van der Waals surface area contributed by atoms with Crippen LogP contribution in [-0.4, -0.2) is 48.1 Å². The molecule has 0 aliphatic heterocycles. The average Bonchev–Trinajstić information content (AvgIpc) is 2.94. The van der Waals surface area contributed by atoms with Crippen molar-refractivity contribution in [1.29, 1.82) is 0 Å². The summed E-state index contributed by atoms with van der Waals surface area (Å²) in [6, 6.07) is 23.8. The van der Waals surface area contributed by atoms with E-state index >= 15 is 0 Å². The number of halogens is 3. The molecule has 3 aromatic rings. The van der Waals surface area contributed by atoms with Crippen molar-refractivity contribution < 1.29 is 32.3 Å². The number of amides is 3. The predicted molar refractivity (Wildman–Crippen MR) is 144 cm³/mol. The summed E-state index contributed by atoms with van der Waals surface area (Å²) in [7, 11) is 0. The summed E-state index contributed by atoms with van der Waals surface area (Å²) in [4.78, 5) is 39.7. The molecule has 0 radical (unpaired) electrons. The molecule has 0 spiro atoms. The number of esters is 1. The molecule has 2 N–H and O–H groups in total. The highest BCUT2D eigenvalue weighted by atomic mass is 19.4. The van der Waals surface area contributed by atoms with Crippen LogP contribution in [0.5, 0.6) is 0 Å². The molecular formula is C30H32F3N3O4. The Labute approximate surface area is 231 Å². The molecule has 3 rings (SSSR count). The van der Waals surface area contributed by atoms with E-state index in [0.717, 1.165) is 4.90 Å². The Morgan fingerprint density at radius 2 is 1.35 bits per heavy atom. The maximum Gasteiger partial charge on any atom is 0.402 e. The fourth-order valence-corrected chi connectivity index (χ4v) is 3.99. The SMILES string of the molecule is CCNC(=O)N(Cc1ccccc1)C[C@@H](C(=O)N[C@@H](Cc1ccccc1)C(=O)OCc1ccccc1)C(F)(F)F. The highest BCUT2D eigenvalue weighted by Gasteiger charge is 2.47. The van der Waals surface area contributed by atoms with Gasteiger partial charge in [0.1, 0.15) is 12.6 Å². The van der Waals surface area contributed by atoms with Crippen molar-refractivity contribution in [2.45, 2.75) is 38.7 Å². The first-order valence-corrected chi connectivity index (χ1v) is 12.9. The molecule has 0 heterocycles. The van der Waals surface area contributed by atoms with E-state index in [1.807, 2.05) is 0 Å². The minimum Gasteiger partial charge on any atom is -0.459 e. The molecule has 10 heteroatoms. The lowest BCUT2D eigenvalue weighted by Crippen LogP contribution is -2.53. The van der Waals surface area contributed by atoms with Gasteiger partial charge in [-0.25, -0.2) is 9.59 Å². The second-order valence-corrected chi connectivity index (χ2v) is 9.14. The molecule has 0 fully saturated rings. The van der Waals surface area contributed by atoms with E-state index in [9.17, 15) is 27.6 Å². The smallest absolute Gasteiger partial charge is 0.402 e. The summed E-state index contributed by atoms with van der Waals surface area (Å²) in [5.41, 5.74) is 1.91. The molecule has 212 valence electrons. The van der Waals surface area contributed by atoms with Crippen LogP contribution < -0.4 is 10.6 Å². The van der Waals surface area contributed by atoms with Crippen molar-refractivity contribution in [2.24, 2.45) is 5.92 Å². The van der Waals surface area contributed by atoms with Crippen molar-refractivity contribution >= 4 is 17.9 Å². The number of ether oxygens (including phenoxy) is 1. The number of rotatable bonds is 12. The third-order valence-electron chi connectivity index (χ3n) is 6.05. The van der Waals surface area contributed by atoms with E-state index < -0.39 is 42.6 Å². The molecule has 3 aromatic carbocycles. The second kappa shape index (κ2) is 14.7. The van der Waals surface area contributed by atoms with Gasteiger partial charge in [0, 0.05) is 26.1 Å². The molecule has 7 nitrogen and oxygen atoms in total. The standard InChI is InChI=1S/C30H32F3N3O4/c1-2-34-29(39)36(19-23-14-8-4-9-15-23)20-25(30(31,32)33)27(37)35-26(18-22-12-6-3-7-13-22)28(38)40-21-24-16-10-5-11-17-24/h3-17,25-26H,2,18-21H2,1H3,(H,34,39)(H,35,37)/t25-,26-/m0/s1. The first kappa shape index (κ1) is 30.2. The molecular weight excluding hydrogens is 523 g/mol. The number of nitrogens with zero attached hydrogens (tertiary/aromatic N) is 1. The minimum absolute atomic E-state index is 0.0746. The number of carbonyl (C=O) groups is 3. The van der Waals surface area contributed by atoms with E-state index in [1.54, 1.807) is 97.9 Å². The summed E-state index contributed by atoms with van der Waals surface area (Å²) in [6.07, 6.45) is -5.06. The average molecular weight is 556 g/mol. The number of hydrogen-bond donors (Lipinski definition) is 2. The van der Waals surface area contributed by atoms with Gasteiger partial charge in [-0.2, -0.15) is 13.2 Å². The molecule has 2 atom stereocenters. The van der Waals surface area contributed by atoms with E-state index in [2.05, 4.69) is 10.6 Å². The molecule has 0 aliphatic rings. The summed E-state index contributed by atoms with van der Waals surface area (Å²) in [5.74, 6) is -4.88. The number of nitrogens with one attached hydrogen (secondary N) is 2. The lowest BCUT2D eigenvalue weighted by Gasteiger charge is -2.29. The Hall–Kier alpha value is -4.34. The first-order valence-electron chi connectivity index (χ1n) is 12.9. The third kappa shape index (κ3) is 9.44. The quantitative estimate of drug-likeness (QED) is 0.312. The monoisotopic (exact) mass is 555 g/mol. The number of urea groups is 1. The zero-order valence-electron chi connectivity index (χ0n) is 22.1. The van der Waals surface area contributed by atoms with Crippen LogP contribution in [0, 0.1) is 5.92 Å². The van der Waals surface area contributed by atoms with Crippen LogP contribution >= 0.6 is 0 Å². The van der Waals surface area contributed by atoms with Gasteiger partial charge in [-0.05, 0) is 23.6 Å². The van der Waals surface area contributed by atoms with E-state index in [0.29, 0.717) is 16.7 Å². The topological polar surface area (TPSA) is 87.7 Å². The third-order valence-corrected chi connectivity index (χ3v) is 6.05. The molecule has 0 saturated carbocycles. The van der Waals surface area contributed by atoms with Gasteiger partial charge < -0.3 is 20.3 Å². The summed E-state index contributed by atoms with van der Waals surface area (Å²) in [6.45, 7) is 0.652. The second-order valence-electron chi connectivity index (χ2n) is 9.14. The number of carbonyl (C=O) groups excluding carboxylic acids is 3. The molecule has 0 aliphatic carbocycles. The molecule has 3 amide bonds. The Morgan fingerprint density at radius 3 is 1.88 bits per heavy atom. The molecule has 0 bridgehead atoms. The maximum absolute atomic E-state index is 14.2. The van der Waals surface area contributed by atoms with Crippen LogP contribution in [0.1, 0.15) is 23.6 Å². The molecule has 40 heavy (non-hydrogen) atoms. The maximum atomic E-state index is 14.2. The molecule has 0 unspecified atom stereocenters. The van der Waals surface area contributed by atoms with Gasteiger partial charge in [0.05, 0.1) is 0 Å². The highest BCUT2D eigenvalue weighted by Crippen LogP contribution is 2.28. The van der Waals surface area contributed by atoms with Crippen LogP contribution in [0.3, 0.4) is 0 Å². The minimum atomic E-state index is -4.99. The highest BCUT2D eigenvalue weighted by molar-refractivity contribution is 5.87. The van der Waals surface area contributed by atoms with Crippen molar-refractivity contribution in [3.8, 4) is 0 Å². The summed E-state index contributed by atoms with van der Waals surface area (Å²) < 4.78 is 48.0. The van der Waals surface area contributed by atoms with Crippen LogP contribution in [0.15, 0.2) is 91.0 Å². The number of benzene rings is 3. The van der Waals surface area contributed by atoms with Gasteiger partial charge in [-0.3, -0.25) is 4.79 Å². The predicted octanol–water partition coefficient (Wildman–Crippen LogP) is 4.87. The normalized spacial score (nSPS) is 12.6. The first-order chi connectivity index (χ1) is 19.2. The van der Waals surface area contributed by atoms with Crippen molar-refractivity contribution in [3.63, 3.8) is 0 Å². The lowest BCUT2D eigenvalue weighted by atomic mass is 10.0. The van der Waals surface area contributed by atoms with Crippen molar-refractivity contribution in [1.82, 2.24) is 15.5 Å². The zero-order chi connectivity index (χ0) is 29.0. The van der Waals surface area contributed by atoms with E-state index in [-0.39, 0.29) is 26.1 Å². The van der Waals surface area contributed by atoms with Crippen molar-refractivity contribution in [3.05, 3.63) is 108 Å².